The van der Waals surface area contributed by atoms with E-state index in [-0.39, 0.29) is 10.5 Å². The summed E-state index contributed by atoms with van der Waals surface area (Å²) < 4.78 is 13.1. The van der Waals surface area contributed by atoms with Crippen LogP contribution in [0.4, 0.5) is 0 Å². The van der Waals surface area contributed by atoms with Gasteiger partial charge >= 0.3 is 0 Å². The minimum absolute atomic E-state index is 0.121. The van der Waals surface area contributed by atoms with Crippen LogP contribution in [-0.2, 0) is 9.84 Å². The number of halogens is 1. The fourth-order valence-electron chi connectivity index (χ4n) is 1.75. The van der Waals surface area contributed by atoms with Crippen LogP contribution < -0.4 is 4.74 Å². The summed E-state index contributed by atoms with van der Waals surface area (Å²) in [6.45, 7) is 19.1. The SMILES string of the molecule is CC(C)(C)c1ccc(Br)c(OCCO[Si](C)(C)C(C)(C)C)c1. The van der Waals surface area contributed by atoms with Crippen molar-refractivity contribution < 1.29 is 9.16 Å². The first-order chi connectivity index (χ1) is 9.84. The molecule has 0 saturated carbocycles. The molecule has 126 valence electrons. The predicted molar refractivity (Wildman–Crippen MR) is 101 cm³/mol. The number of ether oxygens (including phenoxy) is 1. The van der Waals surface area contributed by atoms with Gasteiger partial charge in [-0.25, -0.2) is 0 Å². The predicted octanol–water partition coefficient (Wildman–Crippen LogP) is 6.15. The average molecular weight is 387 g/mol. The van der Waals surface area contributed by atoms with Crippen LogP contribution in [0.25, 0.3) is 0 Å². The van der Waals surface area contributed by atoms with Gasteiger partial charge in [0.2, 0.25) is 0 Å². The highest BCUT2D eigenvalue weighted by Gasteiger charge is 2.36. The summed E-state index contributed by atoms with van der Waals surface area (Å²) in [5.41, 5.74) is 1.40. The van der Waals surface area contributed by atoms with Crippen LogP contribution in [0.1, 0.15) is 47.1 Å². The summed E-state index contributed by atoms with van der Waals surface area (Å²) in [4.78, 5) is 0. The summed E-state index contributed by atoms with van der Waals surface area (Å²) in [5, 5.41) is 0.236. The Balaban J connectivity index is 2.63. The summed E-state index contributed by atoms with van der Waals surface area (Å²) in [7, 11) is -1.69. The standard InChI is InChI=1S/C18H31BrO2Si/c1-17(2,3)14-9-10-15(19)16(13-14)20-11-12-21-22(7,8)18(4,5)6/h9-10,13H,11-12H2,1-8H3. The highest BCUT2D eigenvalue weighted by Crippen LogP contribution is 2.36. The highest BCUT2D eigenvalue weighted by atomic mass is 79.9. The maximum Gasteiger partial charge on any atom is 0.192 e. The van der Waals surface area contributed by atoms with Crippen molar-refractivity contribution in [2.75, 3.05) is 13.2 Å². The first kappa shape index (κ1) is 19.7. The van der Waals surface area contributed by atoms with E-state index >= 15 is 0 Å². The van der Waals surface area contributed by atoms with Crippen LogP contribution in [0.3, 0.4) is 0 Å². The molecule has 0 fully saturated rings. The van der Waals surface area contributed by atoms with Gasteiger partial charge in [-0.15, -0.1) is 0 Å². The molecule has 0 N–H and O–H groups in total. The fourth-order valence-corrected chi connectivity index (χ4v) is 3.13. The van der Waals surface area contributed by atoms with Gasteiger partial charge in [-0.1, -0.05) is 47.6 Å². The van der Waals surface area contributed by atoms with E-state index < -0.39 is 8.32 Å². The number of rotatable bonds is 5. The van der Waals surface area contributed by atoms with Crippen molar-refractivity contribution in [1.82, 2.24) is 0 Å². The van der Waals surface area contributed by atoms with Gasteiger partial charge in [0.1, 0.15) is 12.4 Å². The molecule has 0 atom stereocenters. The van der Waals surface area contributed by atoms with Gasteiger partial charge in [-0.05, 0) is 57.2 Å². The summed E-state index contributed by atoms with van der Waals surface area (Å²) in [5.74, 6) is 0.895. The van der Waals surface area contributed by atoms with Gasteiger partial charge in [-0.2, -0.15) is 0 Å². The molecule has 0 radical (unpaired) electrons. The van der Waals surface area contributed by atoms with Crippen LogP contribution in [-0.4, -0.2) is 21.5 Å². The fraction of sp³-hybridized carbons (Fsp3) is 0.667. The van der Waals surface area contributed by atoms with Crippen LogP contribution in [0.5, 0.6) is 5.75 Å². The molecule has 2 nitrogen and oxygen atoms in total. The highest BCUT2D eigenvalue weighted by molar-refractivity contribution is 9.10. The summed E-state index contributed by atoms with van der Waals surface area (Å²) in [6, 6.07) is 6.32. The Morgan fingerprint density at radius 1 is 1.00 bits per heavy atom. The van der Waals surface area contributed by atoms with Crippen molar-refractivity contribution in [3.8, 4) is 5.75 Å². The van der Waals surface area contributed by atoms with Crippen molar-refractivity contribution in [2.24, 2.45) is 0 Å². The van der Waals surface area contributed by atoms with Crippen LogP contribution in [0, 0.1) is 0 Å². The maximum atomic E-state index is 6.15. The van der Waals surface area contributed by atoms with Gasteiger partial charge in [0.05, 0.1) is 11.1 Å². The molecular formula is C18H31BrO2Si. The van der Waals surface area contributed by atoms with E-state index in [1.165, 1.54) is 5.56 Å². The maximum absolute atomic E-state index is 6.15. The first-order valence-corrected chi connectivity index (χ1v) is 11.6. The zero-order valence-corrected chi connectivity index (χ0v) is 17.9. The molecule has 1 aromatic carbocycles. The third-order valence-electron chi connectivity index (χ3n) is 4.41. The Hall–Kier alpha value is -0.323. The Labute approximate surface area is 145 Å². The molecule has 0 spiro atoms. The second-order valence-electron chi connectivity index (χ2n) is 8.35. The van der Waals surface area contributed by atoms with Crippen molar-refractivity contribution in [3.63, 3.8) is 0 Å². The molecule has 4 heteroatoms. The third-order valence-corrected chi connectivity index (χ3v) is 9.60. The summed E-state index contributed by atoms with van der Waals surface area (Å²) in [6.07, 6.45) is 0. The van der Waals surface area contributed by atoms with Gasteiger partial charge in [0, 0.05) is 0 Å². The molecule has 0 aliphatic heterocycles. The van der Waals surface area contributed by atoms with E-state index in [0.29, 0.717) is 13.2 Å². The average Bonchev–Trinajstić information content (AvgIpc) is 2.33. The zero-order valence-electron chi connectivity index (χ0n) is 15.3. The first-order valence-electron chi connectivity index (χ1n) is 7.91. The smallest absolute Gasteiger partial charge is 0.192 e. The lowest BCUT2D eigenvalue weighted by Crippen LogP contribution is -2.41. The minimum atomic E-state index is -1.69. The molecule has 0 unspecified atom stereocenters. The topological polar surface area (TPSA) is 18.5 Å². The minimum Gasteiger partial charge on any atom is -0.490 e. The Bertz CT molecular complexity index is 499. The lowest BCUT2D eigenvalue weighted by Gasteiger charge is -2.36. The molecule has 0 aromatic heterocycles. The van der Waals surface area contributed by atoms with Crippen LogP contribution in [0.2, 0.25) is 18.1 Å². The van der Waals surface area contributed by atoms with Gasteiger partial charge in [0.25, 0.3) is 0 Å². The monoisotopic (exact) mass is 386 g/mol. The lowest BCUT2D eigenvalue weighted by molar-refractivity contribution is 0.202. The lowest BCUT2D eigenvalue weighted by atomic mass is 9.87. The molecule has 0 bridgehead atoms. The Morgan fingerprint density at radius 2 is 1.59 bits per heavy atom. The number of hydrogen-bond acceptors (Lipinski definition) is 2. The van der Waals surface area contributed by atoms with Gasteiger partial charge < -0.3 is 9.16 Å². The van der Waals surface area contributed by atoms with E-state index in [9.17, 15) is 0 Å². The van der Waals surface area contributed by atoms with E-state index in [0.717, 1.165) is 10.2 Å². The quantitative estimate of drug-likeness (QED) is 0.446. The number of benzene rings is 1. The second-order valence-corrected chi connectivity index (χ2v) is 14.0. The van der Waals surface area contributed by atoms with Crippen LogP contribution in [0.15, 0.2) is 22.7 Å². The van der Waals surface area contributed by atoms with E-state index in [4.69, 9.17) is 9.16 Å². The Morgan fingerprint density at radius 3 is 2.09 bits per heavy atom. The van der Waals surface area contributed by atoms with E-state index in [2.05, 4.69) is 88.8 Å². The molecule has 0 saturated heterocycles. The third kappa shape index (κ3) is 5.39. The van der Waals surface area contributed by atoms with Gasteiger partial charge in [-0.3, -0.25) is 0 Å². The molecular weight excluding hydrogens is 356 g/mol. The van der Waals surface area contributed by atoms with Crippen molar-refractivity contribution >= 4 is 24.2 Å². The molecule has 1 rings (SSSR count). The second kappa shape index (κ2) is 7.06. The van der Waals surface area contributed by atoms with Gasteiger partial charge in [0.15, 0.2) is 8.32 Å². The molecule has 0 amide bonds. The molecule has 1 aromatic rings. The largest absolute Gasteiger partial charge is 0.490 e. The van der Waals surface area contributed by atoms with E-state index in [1.807, 2.05) is 0 Å². The summed E-state index contributed by atoms with van der Waals surface area (Å²) >= 11 is 3.56. The zero-order chi connectivity index (χ0) is 17.2. The van der Waals surface area contributed by atoms with E-state index in [1.54, 1.807) is 0 Å². The molecule has 22 heavy (non-hydrogen) atoms. The van der Waals surface area contributed by atoms with Crippen molar-refractivity contribution in [3.05, 3.63) is 28.2 Å². The molecule has 0 aliphatic rings. The molecule has 0 heterocycles. The normalized spacial score (nSPS) is 13.3. The van der Waals surface area contributed by atoms with Crippen LogP contribution >= 0.6 is 15.9 Å². The number of hydrogen-bond donors (Lipinski definition) is 0. The Kier molecular flexibility index (Phi) is 6.33. The molecule has 0 aliphatic carbocycles. The van der Waals surface area contributed by atoms with Crippen molar-refractivity contribution in [2.45, 2.75) is 65.1 Å². The van der Waals surface area contributed by atoms with Crippen molar-refractivity contribution in [1.29, 1.82) is 0 Å².